The van der Waals surface area contributed by atoms with Crippen molar-refractivity contribution in [1.82, 2.24) is 0 Å². The van der Waals surface area contributed by atoms with Crippen molar-refractivity contribution in [2.75, 3.05) is 12.1 Å². The van der Waals surface area contributed by atoms with Gasteiger partial charge in [0.2, 0.25) is 6.79 Å². The second-order valence-corrected chi connectivity index (χ2v) is 4.97. The van der Waals surface area contributed by atoms with Crippen LogP contribution in [0.3, 0.4) is 0 Å². The standard InChI is InChI=1S/C14H11Cl2NO2/c15-10-4-5-12(11(16)6-10)17-7-9-2-1-3-13-14(9)19-8-18-13/h1-6,17H,7-8H2. The molecule has 0 aromatic heterocycles. The van der Waals surface area contributed by atoms with E-state index < -0.39 is 0 Å². The molecule has 0 saturated carbocycles. The summed E-state index contributed by atoms with van der Waals surface area (Å²) < 4.78 is 10.8. The van der Waals surface area contributed by atoms with Crippen LogP contribution >= 0.6 is 23.2 Å². The highest BCUT2D eigenvalue weighted by atomic mass is 35.5. The highest BCUT2D eigenvalue weighted by Gasteiger charge is 2.16. The molecule has 98 valence electrons. The number of halogens is 2. The predicted octanol–water partition coefficient (Wildman–Crippen LogP) is 4.33. The van der Waals surface area contributed by atoms with Crippen molar-refractivity contribution < 1.29 is 9.47 Å². The van der Waals surface area contributed by atoms with E-state index in [1.165, 1.54) is 0 Å². The monoisotopic (exact) mass is 295 g/mol. The van der Waals surface area contributed by atoms with Gasteiger partial charge in [0.25, 0.3) is 0 Å². The Hall–Kier alpha value is -1.58. The lowest BCUT2D eigenvalue weighted by Crippen LogP contribution is -2.01. The van der Waals surface area contributed by atoms with Gasteiger partial charge in [0.15, 0.2) is 11.5 Å². The van der Waals surface area contributed by atoms with Crippen molar-refractivity contribution >= 4 is 28.9 Å². The first-order valence-corrected chi connectivity index (χ1v) is 6.56. The average Bonchev–Trinajstić information content (AvgIpc) is 2.86. The predicted molar refractivity (Wildman–Crippen MR) is 76.4 cm³/mol. The molecule has 19 heavy (non-hydrogen) atoms. The van der Waals surface area contributed by atoms with E-state index in [1.807, 2.05) is 24.3 Å². The summed E-state index contributed by atoms with van der Waals surface area (Å²) >= 11 is 12.0. The molecule has 1 heterocycles. The third kappa shape index (κ3) is 2.57. The first-order valence-electron chi connectivity index (χ1n) is 5.80. The van der Waals surface area contributed by atoms with Crippen molar-refractivity contribution in [1.29, 1.82) is 0 Å². The fourth-order valence-electron chi connectivity index (χ4n) is 1.95. The summed E-state index contributed by atoms with van der Waals surface area (Å²) in [6, 6.07) is 11.2. The Bertz CT molecular complexity index is 616. The van der Waals surface area contributed by atoms with Crippen LogP contribution < -0.4 is 14.8 Å². The minimum Gasteiger partial charge on any atom is -0.454 e. The van der Waals surface area contributed by atoms with Crippen molar-refractivity contribution in [2.24, 2.45) is 0 Å². The SMILES string of the molecule is Clc1ccc(NCc2cccc3c2OCO3)c(Cl)c1. The molecule has 2 aromatic carbocycles. The number of anilines is 1. The van der Waals surface area contributed by atoms with Crippen LogP contribution in [0, 0.1) is 0 Å². The van der Waals surface area contributed by atoms with Crippen LogP contribution in [0.15, 0.2) is 36.4 Å². The van der Waals surface area contributed by atoms with Gasteiger partial charge in [-0.05, 0) is 24.3 Å². The van der Waals surface area contributed by atoms with E-state index in [0.717, 1.165) is 22.7 Å². The number of hydrogen-bond donors (Lipinski definition) is 1. The maximum absolute atomic E-state index is 6.11. The summed E-state index contributed by atoms with van der Waals surface area (Å²) in [5, 5.41) is 4.47. The molecule has 0 unspecified atom stereocenters. The summed E-state index contributed by atoms with van der Waals surface area (Å²) in [7, 11) is 0. The minimum absolute atomic E-state index is 0.272. The van der Waals surface area contributed by atoms with Crippen LogP contribution in [0.4, 0.5) is 5.69 Å². The van der Waals surface area contributed by atoms with E-state index in [9.17, 15) is 0 Å². The highest BCUT2D eigenvalue weighted by molar-refractivity contribution is 6.36. The lowest BCUT2D eigenvalue weighted by molar-refractivity contribution is 0.173. The van der Waals surface area contributed by atoms with Crippen LogP contribution in [-0.4, -0.2) is 6.79 Å². The number of ether oxygens (including phenoxy) is 2. The Morgan fingerprint density at radius 1 is 1.11 bits per heavy atom. The maximum Gasteiger partial charge on any atom is 0.231 e. The smallest absolute Gasteiger partial charge is 0.231 e. The Morgan fingerprint density at radius 2 is 2.00 bits per heavy atom. The van der Waals surface area contributed by atoms with E-state index in [2.05, 4.69) is 5.32 Å². The number of para-hydroxylation sites is 1. The lowest BCUT2D eigenvalue weighted by Gasteiger charge is -2.10. The van der Waals surface area contributed by atoms with Gasteiger partial charge in [-0.1, -0.05) is 35.3 Å². The Kier molecular flexibility index (Phi) is 3.40. The summed E-state index contributed by atoms with van der Waals surface area (Å²) in [6.07, 6.45) is 0. The first kappa shape index (κ1) is 12.5. The zero-order chi connectivity index (χ0) is 13.2. The molecule has 3 rings (SSSR count). The molecule has 0 saturated heterocycles. The molecule has 0 amide bonds. The molecule has 3 nitrogen and oxygen atoms in total. The van der Waals surface area contributed by atoms with Gasteiger partial charge < -0.3 is 14.8 Å². The Labute approximate surface area is 121 Å². The molecular formula is C14H11Cl2NO2. The van der Waals surface area contributed by atoms with Crippen LogP contribution in [0.5, 0.6) is 11.5 Å². The molecule has 0 fully saturated rings. The zero-order valence-electron chi connectivity index (χ0n) is 9.95. The quantitative estimate of drug-likeness (QED) is 0.914. The molecule has 0 bridgehead atoms. The molecule has 1 N–H and O–H groups in total. The third-order valence-corrected chi connectivity index (χ3v) is 3.43. The van der Waals surface area contributed by atoms with Crippen molar-refractivity contribution in [2.45, 2.75) is 6.54 Å². The molecule has 0 spiro atoms. The number of hydrogen-bond acceptors (Lipinski definition) is 3. The number of rotatable bonds is 3. The van der Waals surface area contributed by atoms with Gasteiger partial charge in [-0.2, -0.15) is 0 Å². The van der Waals surface area contributed by atoms with E-state index in [4.69, 9.17) is 32.7 Å². The van der Waals surface area contributed by atoms with E-state index in [0.29, 0.717) is 16.6 Å². The molecule has 0 aliphatic carbocycles. The summed E-state index contributed by atoms with van der Waals surface area (Å²) in [5.41, 5.74) is 1.86. The van der Waals surface area contributed by atoms with Crippen LogP contribution in [0.2, 0.25) is 10.0 Å². The van der Waals surface area contributed by atoms with Crippen molar-refractivity contribution in [3.63, 3.8) is 0 Å². The number of benzene rings is 2. The summed E-state index contributed by atoms with van der Waals surface area (Å²) in [5.74, 6) is 1.57. The van der Waals surface area contributed by atoms with E-state index in [1.54, 1.807) is 12.1 Å². The second kappa shape index (κ2) is 5.19. The van der Waals surface area contributed by atoms with Crippen LogP contribution in [-0.2, 0) is 6.54 Å². The van der Waals surface area contributed by atoms with Gasteiger partial charge in [0.05, 0.1) is 10.7 Å². The van der Waals surface area contributed by atoms with Gasteiger partial charge in [0.1, 0.15) is 0 Å². The fourth-order valence-corrected chi connectivity index (χ4v) is 2.43. The Morgan fingerprint density at radius 3 is 2.84 bits per heavy atom. The van der Waals surface area contributed by atoms with Crippen LogP contribution in [0.1, 0.15) is 5.56 Å². The zero-order valence-corrected chi connectivity index (χ0v) is 11.5. The minimum atomic E-state index is 0.272. The molecular weight excluding hydrogens is 285 g/mol. The average molecular weight is 296 g/mol. The van der Waals surface area contributed by atoms with E-state index in [-0.39, 0.29) is 6.79 Å². The number of nitrogens with one attached hydrogen (secondary N) is 1. The van der Waals surface area contributed by atoms with Crippen LogP contribution in [0.25, 0.3) is 0 Å². The van der Waals surface area contributed by atoms with Gasteiger partial charge in [-0.3, -0.25) is 0 Å². The molecule has 1 aliphatic rings. The normalized spacial score (nSPS) is 12.5. The van der Waals surface area contributed by atoms with Gasteiger partial charge in [0, 0.05) is 17.1 Å². The van der Waals surface area contributed by atoms with E-state index >= 15 is 0 Å². The lowest BCUT2D eigenvalue weighted by atomic mass is 10.2. The van der Waals surface area contributed by atoms with Crippen molar-refractivity contribution in [3.05, 3.63) is 52.0 Å². The van der Waals surface area contributed by atoms with Gasteiger partial charge in [-0.25, -0.2) is 0 Å². The molecule has 0 radical (unpaired) electrons. The molecule has 1 aliphatic heterocycles. The van der Waals surface area contributed by atoms with Crippen molar-refractivity contribution in [3.8, 4) is 11.5 Å². The molecule has 0 atom stereocenters. The summed E-state index contributed by atoms with van der Waals surface area (Å²) in [6.45, 7) is 0.877. The highest BCUT2D eigenvalue weighted by Crippen LogP contribution is 2.36. The molecule has 2 aromatic rings. The van der Waals surface area contributed by atoms with Gasteiger partial charge in [-0.15, -0.1) is 0 Å². The third-order valence-electron chi connectivity index (χ3n) is 2.88. The topological polar surface area (TPSA) is 30.5 Å². The summed E-state index contributed by atoms with van der Waals surface area (Å²) in [4.78, 5) is 0. The second-order valence-electron chi connectivity index (χ2n) is 4.13. The fraction of sp³-hybridized carbons (Fsp3) is 0.143. The van der Waals surface area contributed by atoms with Gasteiger partial charge >= 0.3 is 0 Å². The largest absolute Gasteiger partial charge is 0.454 e. The Balaban J connectivity index is 1.78. The maximum atomic E-state index is 6.11. The number of fused-ring (bicyclic) bond motifs is 1. The first-order chi connectivity index (χ1) is 9.24. The molecule has 5 heteroatoms.